The molecular formula is C30H47N3O. The van der Waals surface area contributed by atoms with E-state index in [1.54, 1.807) is 0 Å². The van der Waals surface area contributed by atoms with Crippen molar-refractivity contribution in [1.82, 2.24) is 14.7 Å². The summed E-state index contributed by atoms with van der Waals surface area (Å²) in [6.07, 6.45) is 2.33. The van der Waals surface area contributed by atoms with Crippen LogP contribution >= 0.6 is 0 Å². The van der Waals surface area contributed by atoms with Gasteiger partial charge in [-0.1, -0.05) is 76.2 Å². The molecule has 0 aliphatic carbocycles. The second-order valence-electron chi connectivity index (χ2n) is 10.9. The van der Waals surface area contributed by atoms with E-state index in [-0.39, 0.29) is 5.41 Å². The Labute approximate surface area is 208 Å². The third-order valence-electron chi connectivity index (χ3n) is 7.07. The van der Waals surface area contributed by atoms with E-state index < -0.39 is 0 Å². The summed E-state index contributed by atoms with van der Waals surface area (Å²) in [7, 11) is 2.21. The summed E-state index contributed by atoms with van der Waals surface area (Å²) in [5.74, 6) is 0. The maximum atomic E-state index is 5.36. The zero-order valence-corrected chi connectivity index (χ0v) is 22.4. The van der Waals surface area contributed by atoms with Crippen LogP contribution in [0, 0.1) is 0 Å². The molecule has 0 aromatic heterocycles. The molecule has 0 spiro atoms. The molecule has 2 aromatic rings. The zero-order valence-electron chi connectivity index (χ0n) is 22.4. The van der Waals surface area contributed by atoms with Crippen LogP contribution in [-0.4, -0.2) is 80.8 Å². The highest BCUT2D eigenvalue weighted by atomic mass is 16.5. The quantitative estimate of drug-likeness (QED) is 0.607. The lowest BCUT2D eigenvalue weighted by atomic mass is 9.87. The lowest BCUT2D eigenvalue weighted by molar-refractivity contribution is 0.0342. The molecule has 2 aliphatic heterocycles. The maximum absolute atomic E-state index is 5.36. The van der Waals surface area contributed by atoms with E-state index in [0.29, 0.717) is 0 Å². The minimum Gasteiger partial charge on any atom is -0.379 e. The van der Waals surface area contributed by atoms with Gasteiger partial charge in [0, 0.05) is 52.4 Å². The van der Waals surface area contributed by atoms with Gasteiger partial charge in [-0.25, -0.2) is 0 Å². The van der Waals surface area contributed by atoms with Crippen LogP contribution in [0.15, 0.2) is 48.5 Å². The highest BCUT2D eigenvalue weighted by molar-refractivity contribution is 5.27. The fourth-order valence-electron chi connectivity index (χ4n) is 4.43. The number of likely N-dealkylation sites (N-methyl/N-ethyl adjacent to an activating group) is 1. The monoisotopic (exact) mass is 465 g/mol. The van der Waals surface area contributed by atoms with Crippen LogP contribution in [0.5, 0.6) is 0 Å². The van der Waals surface area contributed by atoms with Gasteiger partial charge in [-0.2, -0.15) is 0 Å². The molecule has 0 atom stereocenters. The van der Waals surface area contributed by atoms with Gasteiger partial charge in [0.1, 0.15) is 0 Å². The third-order valence-corrected chi connectivity index (χ3v) is 7.07. The Hall–Kier alpha value is -1.72. The average molecular weight is 466 g/mol. The highest BCUT2D eigenvalue weighted by Gasteiger charge is 2.15. The number of benzene rings is 2. The summed E-state index contributed by atoms with van der Waals surface area (Å²) in [4.78, 5) is 7.44. The average Bonchev–Trinajstić information content (AvgIpc) is 2.85. The second kappa shape index (κ2) is 13.4. The van der Waals surface area contributed by atoms with Gasteiger partial charge in [0.05, 0.1) is 13.2 Å². The summed E-state index contributed by atoms with van der Waals surface area (Å²) in [5, 5.41) is 0. The first kappa shape index (κ1) is 26.9. The summed E-state index contributed by atoms with van der Waals surface area (Å²) < 4.78 is 5.36. The van der Waals surface area contributed by atoms with Crippen molar-refractivity contribution in [3.63, 3.8) is 0 Å². The van der Waals surface area contributed by atoms with E-state index in [9.17, 15) is 0 Å². The molecule has 2 heterocycles. The van der Waals surface area contributed by atoms with Crippen LogP contribution in [-0.2, 0) is 29.5 Å². The molecular weight excluding hydrogens is 418 g/mol. The molecule has 0 bridgehead atoms. The van der Waals surface area contributed by atoms with E-state index in [4.69, 9.17) is 4.74 Å². The Kier molecular flexibility index (Phi) is 10.6. The first-order valence-electron chi connectivity index (χ1n) is 13.2. The Morgan fingerprint density at radius 1 is 0.706 bits per heavy atom. The molecule has 0 radical (unpaired) electrons. The van der Waals surface area contributed by atoms with Crippen molar-refractivity contribution in [3.05, 3.63) is 70.8 Å². The van der Waals surface area contributed by atoms with Crippen molar-refractivity contribution in [2.75, 3.05) is 66.1 Å². The fraction of sp³-hybridized carbons (Fsp3) is 0.600. The summed E-state index contributed by atoms with van der Waals surface area (Å²) in [5.41, 5.74) is 5.97. The van der Waals surface area contributed by atoms with Crippen LogP contribution in [0.4, 0.5) is 0 Å². The second-order valence-corrected chi connectivity index (χ2v) is 10.9. The number of morpholine rings is 1. The SMILES string of the molecule is CC(C)(C)c1ccc(CN2CCOCC2)cc1.CCc1ccc(CCN2CCN(C)CC2)cc1. The molecule has 4 rings (SSSR count). The topological polar surface area (TPSA) is 19.0 Å². The minimum absolute atomic E-state index is 0.248. The van der Waals surface area contributed by atoms with Gasteiger partial charge in [0.2, 0.25) is 0 Å². The molecule has 2 aromatic carbocycles. The molecule has 2 saturated heterocycles. The molecule has 0 unspecified atom stereocenters. The smallest absolute Gasteiger partial charge is 0.0594 e. The first-order chi connectivity index (χ1) is 16.3. The van der Waals surface area contributed by atoms with E-state index in [1.165, 1.54) is 61.4 Å². The predicted octanol–water partition coefficient (Wildman–Crippen LogP) is 4.86. The number of hydrogen-bond donors (Lipinski definition) is 0. The Balaban J connectivity index is 0.000000191. The third kappa shape index (κ3) is 9.14. The van der Waals surface area contributed by atoms with E-state index in [2.05, 4.69) is 98.0 Å². The van der Waals surface area contributed by atoms with Gasteiger partial charge in [0.15, 0.2) is 0 Å². The molecule has 0 N–H and O–H groups in total. The molecule has 188 valence electrons. The van der Waals surface area contributed by atoms with Crippen molar-refractivity contribution in [2.24, 2.45) is 0 Å². The van der Waals surface area contributed by atoms with E-state index in [0.717, 1.165) is 39.3 Å². The molecule has 4 heteroatoms. The van der Waals surface area contributed by atoms with Crippen LogP contribution in [0.1, 0.15) is 49.9 Å². The lowest BCUT2D eigenvalue weighted by Gasteiger charge is -2.32. The predicted molar refractivity (Wildman–Crippen MR) is 145 cm³/mol. The van der Waals surface area contributed by atoms with Crippen molar-refractivity contribution < 1.29 is 4.74 Å². The fourth-order valence-corrected chi connectivity index (χ4v) is 4.43. The highest BCUT2D eigenvalue weighted by Crippen LogP contribution is 2.22. The van der Waals surface area contributed by atoms with Crippen molar-refractivity contribution in [3.8, 4) is 0 Å². The Morgan fingerprint density at radius 2 is 1.26 bits per heavy atom. The van der Waals surface area contributed by atoms with Gasteiger partial charge < -0.3 is 14.5 Å². The lowest BCUT2D eigenvalue weighted by Crippen LogP contribution is -2.45. The maximum Gasteiger partial charge on any atom is 0.0594 e. The van der Waals surface area contributed by atoms with Gasteiger partial charge in [-0.05, 0) is 47.6 Å². The van der Waals surface area contributed by atoms with Gasteiger partial charge in [0.25, 0.3) is 0 Å². The van der Waals surface area contributed by atoms with Gasteiger partial charge >= 0.3 is 0 Å². The summed E-state index contributed by atoms with van der Waals surface area (Å²) in [6.45, 7) is 20.0. The van der Waals surface area contributed by atoms with Crippen LogP contribution < -0.4 is 0 Å². The Morgan fingerprint density at radius 3 is 1.82 bits per heavy atom. The summed E-state index contributed by atoms with van der Waals surface area (Å²) >= 11 is 0. The Bertz CT molecular complexity index is 812. The number of aryl methyl sites for hydroxylation is 1. The normalized spacial score (nSPS) is 18.4. The minimum atomic E-state index is 0.248. The standard InChI is InChI=1S/C15H24N2.C15H23NO/c1-3-14-4-6-15(7-5-14)8-9-17-12-10-16(2)11-13-17;1-15(2,3)14-6-4-13(5-7-14)12-16-8-10-17-11-9-16/h4-7H,3,8-13H2,1-2H3;4-7H,8-12H2,1-3H3. The first-order valence-corrected chi connectivity index (χ1v) is 13.2. The number of rotatable bonds is 6. The number of hydrogen-bond acceptors (Lipinski definition) is 4. The molecule has 4 nitrogen and oxygen atoms in total. The van der Waals surface area contributed by atoms with Crippen molar-refractivity contribution in [2.45, 2.75) is 52.5 Å². The largest absolute Gasteiger partial charge is 0.379 e. The number of piperazine rings is 1. The van der Waals surface area contributed by atoms with Crippen molar-refractivity contribution >= 4 is 0 Å². The molecule has 0 amide bonds. The number of nitrogens with zero attached hydrogens (tertiary/aromatic N) is 3. The zero-order chi connectivity index (χ0) is 24.4. The van der Waals surface area contributed by atoms with E-state index >= 15 is 0 Å². The molecule has 0 saturated carbocycles. The molecule has 2 fully saturated rings. The summed E-state index contributed by atoms with van der Waals surface area (Å²) in [6, 6.07) is 18.1. The van der Waals surface area contributed by atoms with Crippen LogP contribution in [0.2, 0.25) is 0 Å². The number of ether oxygens (including phenoxy) is 1. The molecule has 2 aliphatic rings. The van der Waals surface area contributed by atoms with Gasteiger partial charge in [-0.3, -0.25) is 4.90 Å². The van der Waals surface area contributed by atoms with E-state index in [1.807, 2.05) is 0 Å². The van der Waals surface area contributed by atoms with Crippen LogP contribution in [0.25, 0.3) is 0 Å². The molecule has 34 heavy (non-hydrogen) atoms. The van der Waals surface area contributed by atoms with Crippen molar-refractivity contribution in [1.29, 1.82) is 0 Å². The van der Waals surface area contributed by atoms with Crippen LogP contribution in [0.3, 0.4) is 0 Å². The van der Waals surface area contributed by atoms with Gasteiger partial charge in [-0.15, -0.1) is 0 Å².